The Bertz CT molecular complexity index is 871. The average Bonchev–Trinajstić information content (AvgIpc) is 2.99. The number of nitrogens with zero attached hydrogens (tertiary/aromatic N) is 4. The zero-order valence-electron chi connectivity index (χ0n) is 16.7. The predicted octanol–water partition coefficient (Wildman–Crippen LogP) is 3.27. The second-order valence-corrected chi connectivity index (χ2v) is 7.29. The molecule has 9 nitrogen and oxygen atoms in total. The van der Waals surface area contributed by atoms with Crippen LogP contribution in [0.15, 0.2) is 29.3 Å². The number of aromatic nitrogens is 2. The van der Waals surface area contributed by atoms with Crippen LogP contribution in [0.2, 0.25) is 0 Å². The minimum Gasteiger partial charge on any atom is -0.444 e. The lowest BCUT2D eigenvalue weighted by molar-refractivity contribution is 0.0523. The molecule has 0 spiro atoms. The summed E-state index contributed by atoms with van der Waals surface area (Å²) in [5.41, 5.74) is 1.48. The highest BCUT2D eigenvalue weighted by molar-refractivity contribution is 5.71. The van der Waals surface area contributed by atoms with Crippen molar-refractivity contribution in [3.8, 4) is 6.07 Å². The van der Waals surface area contributed by atoms with E-state index in [9.17, 15) is 10.1 Å². The molecule has 1 heterocycles. The second kappa shape index (κ2) is 8.90. The Balaban J connectivity index is 1.99. The van der Waals surface area contributed by atoms with Gasteiger partial charge in [-0.1, -0.05) is 12.1 Å². The second-order valence-electron chi connectivity index (χ2n) is 7.29. The fourth-order valence-corrected chi connectivity index (χ4v) is 2.13. The van der Waals surface area contributed by atoms with E-state index in [2.05, 4.69) is 31.9 Å². The molecule has 0 saturated carbocycles. The van der Waals surface area contributed by atoms with Crippen molar-refractivity contribution in [2.75, 3.05) is 19.4 Å². The summed E-state index contributed by atoms with van der Waals surface area (Å²) >= 11 is 0. The topological polar surface area (TPSA) is 118 Å². The molecule has 2 rings (SSSR count). The average molecular weight is 383 g/mol. The molecule has 0 saturated heterocycles. The number of nitrogens with one attached hydrogen (secondary N) is 3. The van der Waals surface area contributed by atoms with Gasteiger partial charge < -0.3 is 20.3 Å². The molecule has 0 aliphatic heterocycles. The van der Waals surface area contributed by atoms with E-state index in [0.29, 0.717) is 23.7 Å². The first kappa shape index (κ1) is 20.8. The molecule has 0 aliphatic carbocycles. The molecule has 0 radical (unpaired) electrons. The summed E-state index contributed by atoms with van der Waals surface area (Å²) in [6.45, 7) is 5.80. The lowest BCUT2D eigenvalue weighted by Gasteiger charge is -2.19. The van der Waals surface area contributed by atoms with Crippen molar-refractivity contribution in [1.82, 2.24) is 20.4 Å². The van der Waals surface area contributed by atoms with Crippen LogP contribution in [0, 0.1) is 11.3 Å². The molecule has 3 N–H and O–H groups in total. The predicted molar refractivity (Wildman–Crippen MR) is 108 cm³/mol. The van der Waals surface area contributed by atoms with Crippen LogP contribution in [-0.4, -0.2) is 47.2 Å². The molecule has 2 aromatic rings. The number of nitriles is 1. The van der Waals surface area contributed by atoms with Crippen LogP contribution in [0.3, 0.4) is 0 Å². The number of carbonyl (C=O) groups is 1. The summed E-state index contributed by atoms with van der Waals surface area (Å²) in [4.78, 5) is 17.6. The number of hydrogen-bond acceptors (Lipinski definition) is 6. The molecular formula is C19H25N7O2. The quantitative estimate of drug-likeness (QED) is 0.520. The van der Waals surface area contributed by atoms with Crippen LogP contribution >= 0.6 is 0 Å². The number of H-pyrrole nitrogens is 1. The van der Waals surface area contributed by atoms with Crippen molar-refractivity contribution in [1.29, 1.82) is 5.26 Å². The molecule has 0 aliphatic rings. The fourth-order valence-electron chi connectivity index (χ4n) is 2.13. The van der Waals surface area contributed by atoms with Gasteiger partial charge in [0, 0.05) is 26.3 Å². The molecule has 0 atom stereocenters. The highest BCUT2D eigenvalue weighted by Crippen LogP contribution is 2.25. The first-order valence-corrected chi connectivity index (χ1v) is 8.70. The number of ether oxygens (including phenoxy) is 1. The molecule has 1 aromatic heterocycles. The summed E-state index contributed by atoms with van der Waals surface area (Å²) in [5, 5.41) is 22.1. The summed E-state index contributed by atoms with van der Waals surface area (Å²) in [5.74, 6) is 0.782. The van der Waals surface area contributed by atoms with Crippen LogP contribution in [0.5, 0.6) is 0 Å². The van der Waals surface area contributed by atoms with Gasteiger partial charge in [-0.15, -0.1) is 0 Å². The Morgan fingerprint density at radius 3 is 2.61 bits per heavy atom. The summed E-state index contributed by atoms with van der Waals surface area (Å²) in [6, 6.07) is 9.53. The van der Waals surface area contributed by atoms with Crippen molar-refractivity contribution in [2.24, 2.45) is 4.99 Å². The van der Waals surface area contributed by atoms with E-state index in [1.807, 2.05) is 59.1 Å². The Hall–Kier alpha value is -3.54. The highest BCUT2D eigenvalue weighted by atomic mass is 16.6. The Morgan fingerprint density at radius 1 is 1.36 bits per heavy atom. The van der Waals surface area contributed by atoms with Gasteiger partial charge in [0.05, 0.1) is 6.34 Å². The molecule has 1 amide bonds. The van der Waals surface area contributed by atoms with E-state index < -0.39 is 11.7 Å². The zero-order valence-corrected chi connectivity index (χ0v) is 16.7. The van der Waals surface area contributed by atoms with Gasteiger partial charge in [0.15, 0.2) is 5.82 Å². The molecule has 0 unspecified atom stereocenters. The molecule has 0 bridgehead atoms. The maximum atomic E-state index is 11.7. The summed E-state index contributed by atoms with van der Waals surface area (Å²) in [6.07, 6.45) is 1.12. The van der Waals surface area contributed by atoms with Gasteiger partial charge in [-0.2, -0.15) is 10.4 Å². The molecule has 0 fully saturated rings. The largest absolute Gasteiger partial charge is 0.444 e. The van der Waals surface area contributed by atoms with Gasteiger partial charge in [-0.05, 0) is 38.5 Å². The lowest BCUT2D eigenvalue weighted by Crippen LogP contribution is -2.32. The minimum absolute atomic E-state index is 0.317. The van der Waals surface area contributed by atoms with Crippen LogP contribution < -0.4 is 10.6 Å². The standard InChI is InChI=1S/C19H25N7O2/c1-19(2,3)28-18(27)21-11-13-6-8-14(9-7-13)23-17-15(10-20)16(24-25-17)22-12-26(4)5/h6-9,12H,11H2,1-5H3,(H,21,27)(H2,23,24,25). The van der Waals surface area contributed by atoms with E-state index in [1.165, 1.54) is 0 Å². The number of hydrogen-bond donors (Lipinski definition) is 3. The molecule has 1 aromatic carbocycles. The summed E-state index contributed by atoms with van der Waals surface area (Å²) < 4.78 is 5.21. The van der Waals surface area contributed by atoms with Gasteiger partial charge >= 0.3 is 6.09 Å². The van der Waals surface area contributed by atoms with Gasteiger partial charge in [0.2, 0.25) is 0 Å². The van der Waals surface area contributed by atoms with Gasteiger partial charge in [-0.3, -0.25) is 5.10 Å². The third-order valence-corrected chi connectivity index (χ3v) is 3.33. The van der Waals surface area contributed by atoms with E-state index in [4.69, 9.17) is 4.74 Å². The number of amides is 1. The van der Waals surface area contributed by atoms with Crippen molar-refractivity contribution in [2.45, 2.75) is 32.9 Å². The minimum atomic E-state index is -0.532. The van der Waals surface area contributed by atoms with Gasteiger partial charge in [0.25, 0.3) is 0 Å². The van der Waals surface area contributed by atoms with Crippen LogP contribution in [-0.2, 0) is 11.3 Å². The number of aromatic amines is 1. The smallest absolute Gasteiger partial charge is 0.407 e. The monoisotopic (exact) mass is 383 g/mol. The molecular weight excluding hydrogens is 358 g/mol. The maximum Gasteiger partial charge on any atom is 0.407 e. The zero-order chi connectivity index (χ0) is 20.7. The maximum absolute atomic E-state index is 11.7. The van der Waals surface area contributed by atoms with Crippen molar-refractivity contribution >= 4 is 29.8 Å². The van der Waals surface area contributed by atoms with Gasteiger partial charge in [-0.25, -0.2) is 9.79 Å². The highest BCUT2D eigenvalue weighted by Gasteiger charge is 2.16. The van der Waals surface area contributed by atoms with E-state index in [1.54, 1.807) is 11.2 Å². The Kier molecular flexibility index (Phi) is 6.60. The number of anilines is 2. The first-order chi connectivity index (χ1) is 13.2. The number of rotatable bonds is 6. The van der Waals surface area contributed by atoms with Gasteiger partial charge in [0.1, 0.15) is 23.1 Å². The van der Waals surface area contributed by atoms with Crippen LogP contribution in [0.4, 0.5) is 22.1 Å². The Labute approximate surface area is 164 Å². The lowest BCUT2D eigenvalue weighted by atomic mass is 10.2. The van der Waals surface area contributed by atoms with E-state index in [-0.39, 0.29) is 0 Å². The number of benzene rings is 1. The molecule has 148 valence electrons. The number of carbonyl (C=O) groups excluding carboxylic acids is 1. The SMILES string of the molecule is CN(C)C=Nc1n[nH]c(Nc2ccc(CNC(=O)OC(C)(C)C)cc2)c1C#N. The fraction of sp³-hybridized carbons (Fsp3) is 0.368. The van der Waals surface area contributed by atoms with Crippen molar-refractivity contribution in [3.05, 3.63) is 35.4 Å². The van der Waals surface area contributed by atoms with Crippen LogP contribution in [0.1, 0.15) is 31.9 Å². The molecule has 9 heteroatoms. The summed E-state index contributed by atoms with van der Waals surface area (Å²) in [7, 11) is 3.67. The number of alkyl carbamates (subject to hydrolysis) is 1. The van der Waals surface area contributed by atoms with Crippen molar-refractivity contribution < 1.29 is 9.53 Å². The third-order valence-electron chi connectivity index (χ3n) is 3.33. The molecule has 28 heavy (non-hydrogen) atoms. The Morgan fingerprint density at radius 2 is 2.04 bits per heavy atom. The first-order valence-electron chi connectivity index (χ1n) is 8.70. The number of aliphatic imine (C=N–C) groups is 1. The van der Waals surface area contributed by atoms with E-state index >= 15 is 0 Å². The van der Waals surface area contributed by atoms with E-state index in [0.717, 1.165) is 11.3 Å². The third kappa shape index (κ3) is 6.32. The van der Waals surface area contributed by atoms with Crippen molar-refractivity contribution in [3.63, 3.8) is 0 Å². The normalized spacial score (nSPS) is 11.1. The van der Waals surface area contributed by atoms with Crippen LogP contribution in [0.25, 0.3) is 0 Å².